The van der Waals surface area contributed by atoms with Gasteiger partial charge in [0.15, 0.2) is 0 Å². The van der Waals surface area contributed by atoms with Crippen molar-refractivity contribution < 1.29 is 14.3 Å². The first-order valence-electron chi connectivity index (χ1n) is 6.93. The highest BCUT2D eigenvalue weighted by molar-refractivity contribution is 9.10. The summed E-state index contributed by atoms with van der Waals surface area (Å²) in [5.41, 5.74) is 2.29. The number of pyridine rings is 1. The van der Waals surface area contributed by atoms with Crippen molar-refractivity contribution in [1.82, 2.24) is 4.98 Å². The molecule has 0 amide bonds. The molecule has 3 nitrogen and oxygen atoms in total. The Kier molecular flexibility index (Phi) is 3.48. The van der Waals surface area contributed by atoms with E-state index in [1.165, 1.54) is 12.1 Å². The van der Waals surface area contributed by atoms with E-state index in [-0.39, 0.29) is 16.0 Å². The van der Waals surface area contributed by atoms with Crippen LogP contribution in [0.25, 0.3) is 10.9 Å². The van der Waals surface area contributed by atoms with Crippen LogP contribution in [-0.2, 0) is 6.42 Å². The van der Waals surface area contributed by atoms with E-state index in [0.717, 1.165) is 17.7 Å². The van der Waals surface area contributed by atoms with Crippen LogP contribution < -0.4 is 0 Å². The third-order valence-corrected chi connectivity index (χ3v) is 4.76. The van der Waals surface area contributed by atoms with Crippen molar-refractivity contribution in [3.8, 4) is 0 Å². The lowest BCUT2D eigenvalue weighted by Crippen LogP contribution is -2.20. The highest BCUT2D eigenvalue weighted by Crippen LogP contribution is 2.38. The molecule has 21 heavy (non-hydrogen) atoms. The zero-order valence-electron chi connectivity index (χ0n) is 11.8. The predicted octanol–water partition coefficient (Wildman–Crippen LogP) is 4.52. The van der Waals surface area contributed by atoms with Crippen LogP contribution in [0.4, 0.5) is 4.39 Å². The molecule has 0 saturated heterocycles. The van der Waals surface area contributed by atoms with Gasteiger partial charge in [-0.05, 0) is 52.2 Å². The summed E-state index contributed by atoms with van der Waals surface area (Å²) in [6, 6.07) is 2.82. The molecule has 1 N–H and O–H groups in total. The standard InChI is InChI=1S/C16H15BrFNO2/c1-7-3-8(2)15-10(4-7)14(16(20)21)9-5-11(17)12(18)6-13(9)19-15/h5-8H,3-4H2,1-2H3,(H,20,21). The van der Waals surface area contributed by atoms with Crippen molar-refractivity contribution >= 4 is 32.8 Å². The third-order valence-electron chi connectivity index (χ3n) is 4.15. The molecule has 1 aliphatic rings. The Morgan fingerprint density at radius 2 is 2.14 bits per heavy atom. The van der Waals surface area contributed by atoms with E-state index in [1.54, 1.807) is 0 Å². The van der Waals surface area contributed by atoms with Gasteiger partial charge in [-0.3, -0.25) is 4.98 Å². The minimum Gasteiger partial charge on any atom is -0.478 e. The number of benzene rings is 1. The van der Waals surface area contributed by atoms with Gasteiger partial charge in [-0.25, -0.2) is 9.18 Å². The molecular formula is C16H15BrFNO2. The van der Waals surface area contributed by atoms with Gasteiger partial charge in [-0.1, -0.05) is 13.8 Å². The van der Waals surface area contributed by atoms with Crippen LogP contribution in [0, 0.1) is 11.7 Å². The summed E-state index contributed by atoms with van der Waals surface area (Å²) in [5.74, 6) is -0.784. The Morgan fingerprint density at radius 1 is 1.43 bits per heavy atom. The van der Waals surface area contributed by atoms with Gasteiger partial charge < -0.3 is 5.11 Å². The van der Waals surface area contributed by atoms with Crippen molar-refractivity contribution in [1.29, 1.82) is 0 Å². The SMILES string of the molecule is CC1Cc2c(nc3cc(F)c(Br)cc3c2C(=O)O)C(C)C1. The Balaban J connectivity index is 2.42. The number of carboxylic acids is 1. The number of hydrogen-bond acceptors (Lipinski definition) is 2. The molecular weight excluding hydrogens is 337 g/mol. The first kappa shape index (κ1) is 14.4. The first-order chi connectivity index (χ1) is 9.88. The van der Waals surface area contributed by atoms with Gasteiger partial charge in [-0.2, -0.15) is 0 Å². The van der Waals surface area contributed by atoms with Gasteiger partial charge >= 0.3 is 5.97 Å². The van der Waals surface area contributed by atoms with E-state index in [9.17, 15) is 14.3 Å². The zero-order chi connectivity index (χ0) is 15.3. The second kappa shape index (κ2) is 5.05. The van der Waals surface area contributed by atoms with Crippen molar-refractivity contribution in [3.05, 3.63) is 39.2 Å². The van der Waals surface area contributed by atoms with E-state index < -0.39 is 11.8 Å². The predicted molar refractivity (Wildman–Crippen MR) is 82.3 cm³/mol. The van der Waals surface area contributed by atoms with Crippen LogP contribution in [0.15, 0.2) is 16.6 Å². The van der Waals surface area contributed by atoms with Crippen molar-refractivity contribution in [2.45, 2.75) is 32.6 Å². The van der Waals surface area contributed by atoms with Crippen LogP contribution in [0.5, 0.6) is 0 Å². The second-order valence-electron chi connectivity index (χ2n) is 5.89. The average Bonchev–Trinajstić information content (AvgIpc) is 2.38. The molecule has 0 fully saturated rings. The summed E-state index contributed by atoms with van der Waals surface area (Å²) in [6.07, 6.45) is 1.68. The fraction of sp³-hybridized carbons (Fsp3) is 0.375. The second-order valence-corrected chi connectivity index (χ2v) is 6.74. The lowest BCUT2D eigenvalue weighted by molar-refractivity contribution is 0.0697. The normalized spacial score (nSPS) is 21.3. The lowest BCUT2D eigenvalue weighted by atomic mass is 9.79. The van der Waals surface area contributed by atoms with E-state index in [2.05, 4.69) is 27.8 Å². The van der Waals surface area contributed by atoms with Crippen LogP contribution >= 0.6 is 15.9 Å². The third kappa shape index (κ3) is 2.33. The van der Waals surface area contributed by atoms with Crippen LogP contribution in [0.1, 0.15) is 47.8 Å². The van der Waals surface area contributed by atoms with Crippen LogP contribution in [0.3, 0.4) is 0 Å². The van der Waals surface area contributed by atoms with Crippen LogP contribution in [0.2, 0.25) is 0 Å². The van der Waals surface area contributed by atoms with E-state index in [4.69, 9.17) is 0 Å². The molecule has 1 aromatic carbocycles. The van der Waals surface area contributed by atoms with Gasteiger partial charge in [-0.15, -0.1) is 0 Å². The molecule has 0 saturated carbocycles. The molecule has 1 aliphatic carbocycles. The first-order valence-corrected chi connectivity index (χ1v) is 7.72. The molecule has 0 aliphatic heterocycles. The minimum atomic E-state index is -0.974. The summed E-state index contributed by atoms with van der Waals surface area (Å²) in [7, 11) is 0. The average molecular weight is 352 g/mol. The number of hydrogen-bond donors (Lipinski definition) is 1. The Labute approximate surface area is 130 Å². The summed E-state index contributed by atoms with van der Waals surface area (Å²) in [5, 5.41) is 10.1. The number of nitrogens with zero attached hydrogens (tertiary/aromatic N) is 1. The number of carboxylic acid groups (broad SMARTS) is 1. The number of aromatic nitrogens is 1. The molecule has 2 unspecified atom stereocenters. The number of fused-ring (bicyclic) bond motifs is 2. The van der Waals surface area contributed by atoms with Gasteiger partial charge in [0.1, 0.15) is 5.82 Å². The zero-order valence-corrected chi connectivity index (χ0v) is 13.4. The Hall–Kier alpha value is -1.49. The van der Waals surface area contributed by atoms with Crippen molar-refractivity contribution in [2.24, 2.45) is 5.92 Å². The fourth-order valence-electron chi connectivity index (χ4n) is 3.32. The Morgan fingerprint density at radius 3 is 2.81 bits per heavy atom. The number of carbonyl (C=O) groups is 1. The number of halogens is 2. The monoisotopic (exact) mass is 351 g/mol. The van der Waals surface area contributed by atoms with Crippen molar-refractivity contribution in [3.63, 3.8) is 0 Å². The molecule has 3 rings (SSSR count). The maximum atomic E-state index is 13.7. The summed E-state index contributed by atoms with van der Waals surface area (Å²) in [6.45, 7) is 4.17. The molecule has 2 aromatic rings. The molecule has 110 valence electrons. The fourth-order valence-corrected chi connectivity index (χ4v) is 3.67. The molecule has 0 spiro atoms. The highest BCUT2D eigenvalue weighted by atomic mass is 79.9. The molecule has 5 heteroatoms. The molecule has 1 heterocycles. The summed E-state index contributed by atoms with van der Waals surface area (Å²) < 4.78 is 14.0. The summed E-state index contributed by atoms with van der Waals surface area (Å²) in [4.78, 5) is 16.3. The number of rotatable bonds is 1. The maximum absolute atomic E-state index is 13.7. The largest absolute Gasteiger partial charge is 0.478 e. The topological polar surface area (TPSA) is 50.2 Å². The van der Waals surface area contributed by atoms with Gasteiger partial charge in [0.05, 0.1) is 15.6 Å². The smallest absolute Gasteiger partial charge is 0.336 e. The van der Waals surface area contributed by atoms with Gasteiger partial charge in [0.25, 0.3) is 0 Å². The Bertz CT molecular complexity index is 760. The van der Waals surface area contributed by atoms with Gasteiger partial charge in [0.2, 0.25) is 0 Å². The van der Waals surface area contributed by atoms with E-state index in [0.29, 0.717) is 23.2 Å². The van der Waals surface area contributed by atoms with Crippen LogP contribution in [-0.4, -0.2) is 16.1 Å². The molecule has 1 aromatic heterocycles. The lowest BCUT2D eigenvalue weighted by Gasteiger charge is -2.28. The quantitative estimate of drug-likeness (QED) is 0.821. The van der Waals surface area contributed by atoms with Crippen molar-refractivity contribution in [2.75, 3.05) is 0 Å². The number of aromatic carboxylic acids is 1. The molecule has 0 bridgehead atoms. The van der Waals surface area contributed by atoms with Gasteiger partial charge in [0, 0.05) is 17.1 Å². The van der Waals surface area contributed by atoms with E-state index in [1.807, 2.05) is 6.92 Å². The minimum absolute atomic E-state index is 0.193. The maximum Gasteiger partial charge on any atom is 0.336 e. The molecule has 0 radical (unpaired) electrons. The summed E-state index contributed by atoms with van der Waals surface area (Å²) >= 11 is 3.12. The van der Waals surface area contributed by atoms with E-state index >= 15 is 0 Å². The molecule has 2 atom stereocenters. The highest BCUT2D eigenvalue weighted by Gasteiger charge is 2.29.